The lowest BCUT2D eigenvalue weighted by atomic mass is 10.0. The van der Waals surface area contributed by atoms with E-state index in [1.807, 2.05) is 51.1 Å². The molecule has 2 heterocycles. The summed E-state index contributed by atoms with van der Waals surface area (Å²) in [5, 5.41) is 4.25. The number of benzene rings is 1. The van der Waals surface area contributed by atoms with Gasteiger partial charge in [-0.2, -0.15) is 5.10 Å². The van der Waals surface area contributed by atoms with E-state index in [-0.39, 0.29) is 18.1 Å². The minimum atomic E-state index is -0.604. The molecular formula is C21H24N4O3. The van der Waals surface area contributed by atoms with Gasteiger partial charge in [0.15, 0.2) is 12.3 Å². The first-order chi connectivity index (χ1) is 13.3. The first kappa shape index (κ1) is 19.5. The SMILES string of the molecule is Cc1nn2cccnc2c1C(=O)OCC(=O)N(Cc1ccccc1)C(C)(C)C. The molecule has 0 saturated heterocycles. The highest BCUT2D eigenvalue weighted by molar-refractivity contribution is 5.98. The third-order valence-corrected chi connectivity index (χ3v) is 4.40. The summed E-state index contributed by atoms with van der Waals surface area (Å²) in [6, 6.07) is 11.4. The zero-order chi connectivity index (χ0) is 20.3. The summed E-state index contributed by atoms with van der Waals surface area (Å²) in [5.41, 5.74) is 1.79. The summed E-state index contributed by atoms with van der Waals surface area (Å²) in [5.74, 6) is -0.861. The Labute approximate surface area is 163 Å². The van der Waals surface area contributed by atoms with Gasteiger partial charge in [-0.1, -0.05) is 30.3 Å². The van der Waals surface area contributed by atoms with Crippen LogP contribution in [0, 0.1) is 6.92 Å². The number of carbonyl (C=O) groups is 2. The van der Waals surface area contributed by atoms with Gasteiger partial charge in [0, 0.05) is 24.5 Å². The Kier molecular flexibility index (Phi) is 5.44. The largest absolute Gasteiger partial charge is 0.452 e. The molecule has 2 aromatic heterocycles. The Morgan fingerprint density at radius 3 is 2.54 bits per heavy atom. The number of ether oxygens (including phenoxy) is 1. The molecule has 1 amide bonds. The topological polar surface area (TPSA) is 76.8 Å². The monoisotopic (exact) mass is 380 g/mol. The molecule has 0 aliphatic carbocycles. The summed E-state index contributed by atoms with van der Waals surface area (Å²) in [7, 11) is 0. The van der Waals surface area contributed by atoms with E-state index in [2.05, 4.69) is 10.1 Å². The van der Waals surface area contributed by atoms with Crippen LogP contribution in [0.1, 0.15) is 42.4 Å². The maximum absolute atomic E-state index is 12.8. The van der Waals surface area contributed by atoms with Crippen molar-refractivity contribution in [3.05, 3.63) is 65.6 Å². The van der Waals surface area contributed by atoms with Gasteiger partial charge in [0.1, 0.15) is 5.56 Å². The van der Waals surface area contributed by atoms with E-state index < -0.39 is 11.5 Å². The molecule has 0 aliphatic heterocycles. The van der Waals surface area contributed by atoms with Crippen LogP contribution in [0.2, 0.25) is 0 Å². The Hall–Kier alpha value is -3.22. The van der Waals surface area contributed by atoms with Crippen molar-refractivity contribution in [2.45, 2.75) is 39.8 Å². The molecule has 0 atom stereocenters. The molecule has 3 aromatic rings. The lowest BCUT2D eigenvalue weighted by Gasteiger charge is -2.35. The van der Waals surface area contributed by atoms with Crippen molar-refractivity contribution in [3.8, 4) is 0 Å². The smallest absolute Gasteiger partial charge is 0.344 e. The van der Waals surface area contributed by atoms with Crippen LogP contribution in [0.15, 0.2) is 48.8 Å². The fraction of sp³-hybridized carbons (Fsp3) is 0.333. The standard InChI is InChI=1S/C21H24N4O3/c1-15-18(19-22-11-8-12-25(19)23-15)20(27)28-14-17(26)24(21(2,3)4)13-16-9-6-5-7-10-16/h5-12H,13-14H2,1-4H3. The van der Waals surface area contributed by atoms with Gasteiger partial charge >= 0.3 is 5.97 Å². The van der Waals surface area contributed by atoms with Gasteiger partial charge in [0.05, 0.1) is 5.69 Å². The van der Waals surface area contributed by atoms with Gasteiger partial charge in [-0.15, -0.1) is 0 Å². The lowest BCUT2D eigenvalue weighted by molar-refractivity contribution is -0.140. The van der Waals surface area contributed by atoms with Crippen molar-refractivity contribution < 1.29 is 14.3 Å². The molecule has 0 bridgehead atoms. The second kappa shape index (κ2) is 7.80. The first-order valence-corrected chi connectivity index (χ1v) is 9.09. The molecule has 3 rings (SSSR count). The molecule has 0 radical (unpaired) electrons. The molecule has 146 valence electrons. The van der Waals surface area contributed by atoms with E-state index in [1.165, 1.54) is 4.52 Å². The van der Waals surface area contributed by atoms with Crippen LogP contribution in [0.4, 0.5) is 0 Å². The third kappa shape index (κ3) is 4.19. The molecule has 0 N–H and O–H groups in total. The van der Waals surface area contributed by atoms with Gasteiger partial charge in [-0.05, 0) is 39.3 Å². The van der Waals surface area contributed by atoms with Gasteiger partial charge in [-0.25, -0.2) is 14.3 Å². The number of carbonyl (C=O) groups excluding carboxylic acids is 2. The Morgan fingerprint density at radius 1 is 1.14 bits per heavy atom. The van der Waals surface area contributed by atoms with E-state index >= 15 is 0 Å². The van der Waals surface area contributed by atoms with E-state index in [4.69, 9.17) is 4.74 Å². The summed E-state index contributed by atoms with van der Waals surface area (Å²) in [6.45, 7) is 7.67. The van der Waals surface area contributed by atoms with Crippen molar-refractivity contribution in [1.82, 2.24) is 19.5 Å². The summed E-state index contributed by atoms with van der Waals surface area (Å²) in [4.78, 5) is 31.3. The predicted octanol–water partition coefficient (Wildman–Crippen LogP) is 3.02. The molecule has 0 fully saturated rings. The van der Waals surface area contributed by atoms with Crippen LogP contribution in [-0.4, -0.2) is 43.5 Å². The predicted molar refractivity (Wildman–Crippen MR) is 105 cm³/mol. The maximum atomic E-state index is 12.8. The van der Waals surface area contributed by atoms with Crippen LogP contribution in [0.5, 0.6) is 0 Å². The fourth-order valence-corrected chi connectivity index (χ4v) is 2.98. The highest BCUT2D eigenvalue weighted by Gasteiger charge is 2.28. The Bertz CT molecular complexity index is 990. The second-order valence-electron chi connectivity index (χ2n) is 7.56. The number of aromatic nitrogens is 3. The van der Waals surface area contributed by atoms with Crippen LogP contribution in [-0.2, 0) is 16.1 Å². The number of amides is 1. The zero-order valence-corrected chi connectivity index (χ0v) is 16.5. The molecule has 0 spiro atoms. The van der Waals surface area contributed by atoms with Crippen molar-refractivity contribution in [3.63, 3.8) is 0 Å². The fourth-order valence-electron chi connectivity index (χ4n) is 2.98. The Balaban J connectivity index is 1.73. The maximum Gasteiger partial charge on any atom is 0.344 e. The number of aryl methyl sites for hydroxylation is 1. The average Bonchev–Trinajstić information content (AvgIpc) is 2.99. The van der Waals surface area contributed by atoms with E-state index in [0.29, 0.717) is 17.9 Å². The minimum absolute atomic E-state index is 0.258. The number of esters is 1. The van der Waals surface area contributed by atoms with Crippen LogP contribution in [0.3, 0.4) is 0 Å². The molecular weight excluding hydrogens is 356 g/mol. The normalized spacial score (nSPS) is 11.4. The van der Waals surface area contributed by atoms with Gasteiger partial charge in [-0.3, -0.25) is 4.79 Å². The van der Waals surface area contributed by atoms with Crippen LogP contribution < -0.4 is 0 Å². The molecule has 28 heavy (non-hydrogen) atoms. The van der Waals surface area contributed by atoms with Crippen molar-refractivity contribution in [1.29, 1.82) is 0 Å². The molecule has 7 heteroatoms. The first-order valence-electron chi connectivity index (χ1n) is 9.09. The number of nitrogens with zero attached hydrogens (tertiary/aromatic N) is 4. The van der Waals surface area contributed by atoms with Crippen LogP contribution >= 0.6 is 0 Å². The molecule has 0 aliphatic rings. The van der Waals surface area contributed by atoms with Crippen molar-refractivity contribution >= 4 is 17.5 Å². The third-order valence-electron chi connectivity index (χ3n) is 4.40. The summed E-state index contributed by atoms with van der Waals surface area (Å²) >= 11 is 0. The van der Waals surface area contributed by atoms with Crippen molar-refractivity contribution in [2.75, 3.05) is 6.61 Å². The number of hydrogen-bond donors (Lipinski definition) is 0. The number of rotatable bonds is 5. The van der Waals surface area contributed by atoms with E-state index in [1.54, 1.807) is 30.3 Å². The summed E-state index contributed by atoms with van der Waals surface area (Å²) < 4.78 is 6.85. The minimum Gasteiger partial charge on any atom is -0.452 e. The van der Waals surface area contributed by atoms with E-state index in [9.17, 15) is 9.59 Å². The molecule has 7 nitrogen and oxygen atoms in total. The second-order valence-corrected chi connectivity index (χ2v) is 7.56. The zero-order valence-electron chi connectivity index (χ0n) is 16.5. The Morgan fingerprint density at radius 2 is 1.86 bits per heavy atom. The highest BCUT2D eigenvalue weighted by Crippen LogP contribution is 2.19. The molecule has 1 aromatic carbocycles. The van der Waals surface area contributed by atoms with E-state index in [0.717, 1.165) is 5.56 Å². The quantitative estimate of drug-likeness (QED) is 0.636. The summed E-state index contributed by atoms with van der Waals surface area (Å²) in [6.07, 6.45) is 3.29. The van der Waals surface area contributed by atoms with Gasteiger partial charge in [0.2, 0.25) is 0 Å². The highest BCUT2D eigenvalue weighted by atomic mass is 16.5. The molecule has 0 saturated carbocycles. The van der Waals surface area contributed by atoms with Crippen LogP contribution in [0.25, 0.3) is 5.65 Å². The van der Waals surface area contributed by atoms with Gasteiger partial charge < -0.3 is 9.64 Å². The van der Waals surface area contributed by atoms with Gasteiger partial charge in [0.25, 0.3) is 5.91 Å². The lowest BCUT2D eigenvalue weighted by Crippen LogP contribution is -2.46. The molecule has 0 unspecified atom stereocenters. The number of hydrogen-bond acceptors (Lipinski definition) is 5. The average molecular weight is 380 g/mol. The number of fused-ring (bicyclic) bond motifs is 1. The van der Waals surface area contributed by atoms with Crippen molar-refractivity contribution in [2.24, 2.45) is 0 Å².